The van der Waals surface area contributed by atoms with E-state index in [0.29, 0.717) is 25.1 Å². The van der Waals surface area contributed by atoms with Crippen LogP contribution >= 0.6 is 0 Å². The van der Waals surface area contributed by atoms with Crippen LogP contribution in [0.4, 0.5) is 0 Å². The Bertz CT molecular complexity index is 652. The highest BCUT2D eigenvalue weighted by atomic mass is 32.2. The molecule has 2 aliphatic rings. The van der Waals surface area contributed by atoms with E-state index in [4.69, 9.17) is 0 Å². The lowest BCUT2D eigenvalue weighted by molar-refractivity contribution is 0.0719. The van der Waals surface area contributed by atoms with E-state index in [-0.39, 0.29) is 12.5 Å². The van der Waals surface area contributed by atoms with Crippen LogP contribution < -0.4 is 4.72 Å². The molecule has 0 bridgehead atoms. The Kier molecular flexibility index (Phi) is 3.75. The summed E-state index contributed by atoms with van der Waals surface area (Å²) < 4.78 is 26.2. The van der Waals surface area contributed by atoms with Crippen LogP contribution in [0.2, 0.25) is 0 Å². The number of rotatable bonds is 3. The second-order valence-corrected chi connectivity index (χ2v) is 7.81. The van der Waals surface area contributed by atoms with Crippen LogP contribution in [-0.2, 0) is 22.9 Å². The number of carbonyl (C=O) groups excluding carboxylic acids is 1. The maximum absolute atomic E-state index is 12.6. The Morgan fingerprint density at radius 2 is 2.19 bits per heavy atom. The molecule has 1 aromatic rings. The topological polar surface area (TPSA) is 95.2 Å². The number of amides is 1. The van der Waals surface area contributed by atoms with Gasteiger partial charge < -0.3 is 4.90 Å². The zero-order valence-corrected chi connectivity index (χ0v) is 12.9. The van der Waals surface area contributed by atoms with Gasteiger partial charge in [0.2, 0.25) is 10.0 Å². The molecule has 1 unspecified atom stereocenters. The molecule has 1 aliphatic carbocycles. The number of hydrogen-bond acceptors (Lipinski definition) is 4. The molecule has 1 saturated heterocycles. The van der Waals surface area contributed by atoms with Gasteiger partial charge in [0.25, 0.3) is 5.91 Å². The maximum Gasteiger partial charge on any atom is 0.274 e. The average Bonchev–Trinajstić information content (AvgIpc) is 3.09. The molecule has 21 heavy (non-hydrogen) atoms. The van der Waals surface area contributed by atoms with Gasteiger partial charge in [-0.1, -0.05) is 0 Å². The van der Waals surface area contributed by atoms with Gasteiger partial charge in [-0.2, -0.15) is 5.10 Å². The molecule has 8 heteroatoms. The number of hydrogen-bond donors (Lipinski definition) is 2. The number of H-pyrrole nitrogens is 1. The van der Waals surface area contributed by atoms with Crippen molar-refractivity contribution in [3.8, 4) is 0 Å². The molecule has 2 N–H and O–H groups in total. The summed E-state index contributed by atoms with van der Waals surface area (Å²) in [6, 6.07) is 0. The second kappa shape index (κ2) is 5.42. The van der Waals surface area contributed by atoms with E-state index >= 15 is 0 Å². The first-order valence-electron chi connectivity index (χ1n) is 7.30. The molecular formula is C13H20N4O3S. The van der Waals surface area contributed by atoms with Gasteiger partial charge in [0, 0.05) is 24.3 Å². The zero-order valence-electron chi connectivity index (χ0n) is 12.1. The third-order valence-electron chi connectivity index (χ3n) is 4.40. The first kappa shape index (κ1) is 14.5. The fourth-order valence-corrected chi connectivity index (χ4v) is 4.38. The number of sulfonamides is 1. The minimum atomic E-state index is -3.34. The van der Waals surface area contributed by atoms with E-state index < -0.39 is 15.3 Å². The maximum atomic E-state index is 12.6. The zero-order chi connectivity index (χ0) is 15.0. The lowest BCUT2D eigenvalue weighted by Gasteiger charge is -2.31. The first-order valence-corrected chi connectivity index (χ1v) is 8.85. The van der Waals surface area contributed by atoms with Crippen molar-refractivity contribution in [2.24, 2.45) is 0 Å². The van der Waals surface area contributed by atoms with Gasteiger partial charge in [-0.25, -0.2) is 13.1 Å². The highest BCUT2D eigenvalue weighted by molar-refractivity contribution is 7.90. The lowest BCUT2D eigenvalue weighted by atomic mass is 10.1. The number of piperidine rings is 1. The van der Waals surface area contributed by atoms with Crippen LogP contribution in [0, 0.1) is 0 Å². The van der Waals surface area contributed by atoms with Crippen molar-refractivity contribution < 1.29 is 13.2 Å². The minimum absolute atomic E-state index is 0.148. The van der Waals surface area contributed by atoms with E-state index in [1.807, 2.05) is 0 Å². The molecule has 1 aliphatic heterocycles. The standard InChI is InChI=1S/C13H20N4O3S/c1-14-21(19,20)9-4-3-7-17(8-9)13(18)12-10-5-2-6-11(10)15-16-12/h9,14H,2-8H2,1H3,(H,15,16). The van der Waals surface area contributed by atoms with Gasteiger partial charge in [-0.15, -0.1) is 0 Å². The Morgan fingerprint density at radius 3 is 2.95 bits per heavy atom. The molecule has 0 aromatic carbocycles. The molecule has 1 fully saturated rings. The third-order valence-corrected chi connectivity index (χ3v) is 6.23. The summed E-state index contributed by atoms with van der Waals surface area (Å²) in [5.74, 6) is -0.148. The van der Waals surface area contributed by atoms with Gasteiger partial charge in [0.1, 0.15) is 0 Å². The molecule has 1 amide bonds. The number of aromatic nitrogens is 2. The molecule has 2 heterocycles. The molecule has 3 rings (SSSR count). The Morgan fingerprint density at radius 1 is 1.38 bits per heavy atom. The summed E-state index contributed by atoms with van der Waals surface area (Å²) in [6.45, 7) is 0.833. The molecular weight excluding hydrogens is 292 g/mol. The highest BCUT2D eigenvalue weighted by Gasteiger charge is 2.34. The summed E-state index contributed by atoms with van der Waals surface area (Å²) in [7, 11) is -1.93. The quantitative estimate of drug-likeness (QED) is 0.824. The van der Waals surface area contributed by atoms with Crippen molar-refractivity contribution in [1.82, 2.24) is 19.8 Å². The van der Waals surface area contributed by atoms with Crippen molar-refractivity contribution in [3.05, 3.63) is 17.0 Å². The number of aryl methyl sites for hydroxylation is 1. The van der Waals surface area contributed by atoms with E-state index in [9.17, 15) is 13.2 Å². The van der Waals surface area contributed by atoms with E-state index in [0.717, 1.165) is 30.5 Å². The van der Waals surface area contributed by atoms with Gasteiger partial charge in [-0.05, 0) is 39.2 Å². The predicted octanol–water partition coefficient (Wildman–Crippen LogP) is 0.0522. The Hall–Kier alpha value is -1.41. The van der Waals surface area contributed by atoms with Crippen LogP contribution in [0.5, 0.6) is 0 Å². The monoisotopic (exact) mass is 312 g/mol. The van der Waals surface area contributed by atoms with Crippen LogP contribution in [0.3, 0.4) is 0 Å². The number of carbonyl (C=O) groups is 1. The molecule has 7 nitrogen and oxygen atoms in total. The van der Waals surface area contributed by atoms with Crippen LogP contribution in [-0.4, -0.2) is 54.8 Å². The third kappa shape index (κ3) is 2.57. The summed E-state index contributed by atoms with van der Waals surface area (Å²) in [5.41, 5.74) is 2.54. The normalized spacial score (nSPS) is 22.3. The lowest BCUT2D eigenvalue weighted by Crippen LogP contribution is -2.48. The van der Waals surface area contributed by atoms with E-state index in [1.54, 1.807) is 4.90 Å². The number of nitrogens with one attached hydrogen (secondary N) is 2. The van der Waals surface area contributed by atoms with Gasteiger partial charge in [0.05, 0.1) is 5.25 Å². The van der Waals surface area contributed by atoms with E-state index in [2.05, 4.69) is 14.9 Å². The van der Waals surface area contributed by atoms with Crippen molar-refractivity contribution in [1.29, 1.82) is 0 Å². The Balaban J connectivity index is 1.78. The van der Waals surface area contributed by atoms with Crippen molar-refractivity contribution >= 4 is 15.9 Å². The highest BCUT2D eigenvalue weighted by Crippen LogP contribution is 2.25. The van der Waals surface area contributed by atoms with Gasteiger partial charge in [0.15, 0.2) is 5.69 Å². The van der Waals surface area contributed by atoms with Crippen LogP contribution in [0.1, 0.15) is 41.0 Å². The van der Waals surface area contributed by atoms with Crippen LogP contribution in [0.15, 0.2) is 0 Å². The fourth-order valence-electron chi connectivity index (χ4n) is 3.19. The molecule has 0 saturated carbocycles. The average molecular weight is 312 g/mol. The molecule has 116 valence electrons. The number of likely N-dealkylation sites (tertiary alicyclic amines) is 1. The second-order valence-electron chi connectivity index (χ2n) is 5.65. The largest absolute Gasteiger partial charge is 0.336 e. The van der Waals surface area contributed by atoms with E-state index in [1.165, 1.54) is 7.05 Å². The minimum Gasteiger partial charge on any atom is -0.336 e. The van der Waals surface area contributed by atoms with Crippen molar-refractivity contribution in [2.75, 3.05) is 20.1 Å². The predicted molar refractivity (Wildman–Crippen MR) is 77.5 cm³/mol. The number of nitrogens with zero attached hydrogens (tertiary/aromatic N) is 2. The SMILES string of the molecule is CNS(=O)(=O)C1CCCN(C(=O)c2n[nH]c3c2CCC3)C1. The van der Waals surface area contributed by atoms with Crippen molar-refractivity contribution in [3.63, 3.8) is 0 Å². The summed E-state index contributed by atoms with van der Waals surface area (Å²) in [6.07, 6.45) is 4.14. The molecule has 0 spiro atoms. The Labute approximate surface area is 124 Å². The number of fused-ring (bicyclic) bond motifs is 1. The summed E-state index contributed by atoms with van der Waals surface area (Å²) in [5, 5.41) is 6.53. The number of aromatic amines is 1. The first-order chi connectivity index (χ1) is 10.0. The van der Waals surface area contributed by atoms with Gasteiger partial charge in [-0.3, -0.25) is 9.89 Å². The molecule has 1 aromatic heterocycles. The smallest absolute Gasteiger partial charge is 0.274 e. The van der Waals surface area contributed by atoms with Crippen LogP contribution in [0.25, 0.3) is 0 Å². The molecule has 0 radical (unpaired) electrons. The fraction of sp³-hybridized carbons (Fsp3) is 0.692. The van der Waals surface area contributed by atoms with Gasteiger partial charge >= 0.3 is 0 Å². The summed E-state index contributed by atoms with van der Waals surface area (Å²) >= 11 is 0. The molecule has 1 atom stereocenters. The summed E-state index contributed by atoms with van der Waals surface area (Å²) in [4.78, 5) is 14.2. The van der Waals surface area contributed by atoms with Crippen molar-refractivity contribution in [2.45, 2.75) is 37.4 Å².